The van der Waals surface area contributed by atoms with Gasteiger partial charge < -0.3 is 14.8 Å². The lowest BCUT2D eigenvalue weighted by atomic mass is 9.92. The monoisotopic (exact) mass is 363 g/mol. The quantitative estimate of drug-likeness (QED) is 0.477. The van der Waals surface area contributed by atoms with Crippen LogP contribution in [0.2, 0.25) is 0 Å². The molecule has 0 bridgehead atoms. The van der Waals surface area contributed by atoms with Crippen molar-refractivity contribution < 1.29 is 9.47 Å². The highest BCUT2D eigenvalue weighted by molar-refractivity contribution is 7.99. The van der Waals surface area contributed by atoms with Gasteiger partial charge in [0, 0.05) is 21.8 Å². The fourth-order valence-electron chi connectivity index (χ4n) is 3.20. The van der Waals surface area contributed by atoms with Crippen LogP contribution in [-0.2, 0) is 0 Å². The number of benzene rings is 3. The fraction of sp³-hybridized carbons (Fsp3) is 0.182. The average molecular weight is 363 g/mol. The lowest BCUT2D eigenvalue weighted by molar-refractivity contribution is 0.393. The molecular weight excluding hydrogens is 342 g/mol. The first-order chi connectivity index (χ1) is 12.7. The summed E-state index contributed by atoms with van der Waals surface area (Å²) in [6.45, 7) is 2.21. The van der Waals surface area contributed by atoms with Crippen molar-refractivity contribution in [1.29, 1.82) is 0 Å². The minimum Gasteiger partial charge on any atom is -0.497 e. The lowest BCUT2D eigenvalue weighted by Crippen LogP contribution is -2.03. The Morgan fingerprint density at radius 3 is 2.19 bits per heavy atom. The van der Waals surface area contributed by atoms with E-state index in [1.165, 1.54) is 20.9 Å². The molecule has 132 valence electrons. The van der Waals surface area contributed by atoms with Crippen molar-refractivity contribution in [3.63, 3.8) is 0 Å². The van der Waals surface area contributed by atoms with Crippen molar-refractivity contribution in [2.75, 3.05) is 19.5 Å². The first-order valence-corrected chi connectivity index (χ1v) is 9.40. The van der Waals surface area contributed by atoms with E-state index in [-0.39, 0.29) is 5.92 Å². The van der Waals surface area contributed by atoms with Crippen molar-refractivity contribution in [1.82, 2.24) is 0 Å². The van der Waals surface area contributed by atoms with Crippen LogP contribution in [0.15, 0.2) is 70.5 Å². The largest absolute Gasteiger partial charge is 0.497 e. The van der Waals surface area contributed by atoms with E-state index in [1.807, 2.05) is 17.8 Å². The fourth-order valence-corrected chi connectivity index (χ4v) is 4.17. The molecule has 0 saturated heterocycles. The second-order valence-electron chi connectivity index (χ2n) is 6.35. The highest BCUT2D eigenvalue weighted by Gasteiger charge is 2.18. The number of methoxy groups -OCH3 is 2. The Morgan fingerprint density at radius 2 is 1.46 bits per heavy atom. The van der Waals surface area contributed by atoms with Gasteiger partial charge in [0.1, 0.15) is 11.5 Å². The Labute approximate surface area is 158 Å². The number of rotatable bonds is 4. The number of ether oxygens (including phenoxy) is 2. The van der Waals surface area contributed by atoms with Crippen molar-refractivity contribution >= 4 is 23.1 Å². The summed E-state index contributed by atoms with van der Waals surface area (Å²) in [6.07, 6.45) is 0. The van der Waals surface area contributed by atoms with Gasteiger partial charge in [-0.1, -0.05) is 36.9 Å². The van der Waals surface area contributed by atoms with E-state index in [0.29, 0.717) is 0 Å². The summed E-state index contributed by atoms with van der Waals surface area (Å²) in [4.78, 5) is 2.52. The number of hydrogen-bond acceptors (Lipinski definition) is 4. The van der Waals surface area contributed by atoms with E-state index in [9.17, 15) is 0 Å². The van der Waals surface area contributed by atoms with Crippen molar-refractivity contribution in [2.24, 2.45) is 0 Å². The molecule has 1 unspecified atom stereocenters. The summed E-state index contributed by atoms with van der Waals surface area (Å²) in [5.41, 5.74) is 4.75. The van der Waals surface area contributed by atoms with Crippen LogP contribution in [0.5, 0.6) is 11.5 Å². The smallest absolute Gasteiger partial charge is 0.122 e. The van der Waals surface area contributed by atoms with Crippen LogP contribution in [-0.4, -0.2) is 14.2 Å². The third-order valence-electron chi connectivity index (χ3n) is 4.75. The maximum Gasteiger partial charge on any atom is 0.122 e. The molecule has 3 aromatic carbocycles. The van der Waals surface area contributed by atoms with Crippen LogP contribution in [0.4, 0.5) is 11.4 Å². The van der Waals surface area contributed by atoms with Gasteiger partial charge in [0.25, 0.3) is 0 Å². The molecule has 0 aliphatic carbocycles. The van der Waals surface area contributed by atoms with E-state index in [1.54, 1.807) is 14.2 Å². The summed E-state index contributed by atoms with van der Waals surface area (Å²) in [5, 5.41) is 3.56. The third kappa shape index (κ3) is 3.13. The van der Waals surface area contributed by atoms with Crippen molar-refractivity contribution in [3.8, 4) is 11.5 Å². The Balaban J connectivity index is 1.67. The number of hydrogen-bond donors (Lipinski definition) is 1. The van der Waals surface area contributed by atoms with E-state index in [0.717, 1.165) is 22.9 Å². The zero-order valence-electron chi connectivity index (χ0n) is 15.1. The van der Waals surface area contributed by atoms with Gasteiger partial charge in [0.2, 0.25) is 0 Å². The number of nitrogens with one attached hydrogen (secondary N) is 1. The standard InChI is InChI=1S/C22H21NO2S/c1-14(16-10-17(24-2)13-18(11-16)25-3)15-8-9-22-20(12-15)23-19-6-4-5-7-21(19)26-22/h4-14,23H,1-3H3. The van der Waals surface area contributed by atoms with Gasteiger partial charge in [-0.15, -0.1) is 0 Å². The predicted molar refractivity (Wildman–Crippen MR) is 107 cm³/mol. The van der Waals surface area contributed by atoms with E-state index in [4.69, 9.17) is 9.47 Å². The molecule has 4 rings (SSSR count). The molecule has 1 atom stereocenters. The highest BCUT2D eigenvalue weighted by Crippen LogP contribution is 2.45. The molecule has 3 nitrogen and oxygen atoms in total. The van der Waals surface area contributed by atoms with E-state index >= 15 is 0 Å². The lowest BCUT2D eigenvalue weighted by Gasteiger charge is -2.23. The Bertz CT molecular complexity index is 932. The average Bonchev–Trinajstić information content (AvgIpc) is 2.70. The zero-order valence-corrected chi connectivity index (χ0v) is 15.9. The van der Waals surface area contributed by atoms with Crippen LogP contribution < -0.4 is 14.8 Å². The van der Waals surface area contributed by atoms with Crippen LogP contribution >= 0.6 is 11.8 Å². The Kier molecular flexibility index (Phi) is 4.51. The molecule has 1 heterocycles. The van der Waals surface area contributed by atoms with Crippen molar-refractivity contribution in [3.05, 3.63) is 71.8 Å². The molecule has 26 heavy (non-hydrogen) atoms. The molecule has 0 spiro atoms. The van der Waals surface area contributed by atoms with Crippen LogP contribution in [0.3, 0.4) is 0 Å². The van der Waals surface area contributed by atoms with E-state index in [2.05, 4.69) is 66.8 Å². The molecule has 4 heteroatoms. The van der Waals surface area contributed by atoms with Crippen molar-refractivity contribution in [2.45, 2.75) is 22.6 Å². The molecule has 1 N–H and O–H groups in total. The first kappa shape index (κ1) is 16.9. The maximum absolute atomic E-state index is 5.42. The normalized spacial score (nSPS) is 13.2. The van der Waals surface area contributed by atoms with Crippen LogP contribution in [0, 0.1) is 0 Å². The number of fused-ring (bicyclic) bond motifs is 2. The summed E-state index contributed by atoms with van der Waals surface area (Å²) in [5.74, 6) is 1.85. The maximum atomic E-state index is 5.42. The SMILES string of the molecule is COc1cc(OC)cc(C(C)c2ccc3c(c2)Nc2ccccc2S3)c1. The van der Waals surface area contributed by atoms with Gasteiger partial charge in [-0.05, 0) is 47.5 Å². The van der Waals surface area contributed by atoms with Crippen LogP contribution in [0.25, 0.3) is 0 Å². The minimum absolute atomic E-state index is 0.230. The molecule has 0 radical (unpaired) electrons. The molecule has 0 aromatic heterocycles. The highest BCUT2D eigenvalue weighted by atomic mass is 32.2. The summed E-state index contributed by atoms with van der Waals surface area (Å²) >= 11 is 1.81. The number of anilines is 2. The molecule has 0 saturated carbocycles. The Morgan fingerprint density at radius 1 is 0.769 bits per heavy atom. The third-order valence-corrected chi connectivity index (χ3v) is 5.91. The zero-order chi connectivity index (χ0) is 18.1. The van der Waals surface area contributed by atoms with Gasteiger partial charge >= 0.3 is 0 Å². The van der Waals surface area contributed by atoms with Gasteiger partial charge in [0.05, 0.1) is 25.6 Å². The summed E-state index contributed by atoms with van der Waals surface area (Å²) in [6, 6.07) is 21.1. The molecule has 0 amide bonds. The van der Waals surface area contributed by atoms with E-state index < -0.39 is 0 Å². The first-order valence-electron chi connectivity index (χ1n) is 8.59. The second-order valence-corrected chi connectivity index (χ2v) is 7.43. The predicted octanol–water partition coefficient (Wildman–Crippen LogP) is 6.06. The molecule has 1 aliphatic rings. The molecular formula is C22H21NO2S. The molecule has 1 aliphatic heterocycles. The topological polar surface area (TPSA) is 30.5 Å². The summed E-state index contributed by atoms with van der Waals surface area (Å²) < 4.78 is 10.8. The molecule has 3 aromatic rings. The van der Waals surface area contributed by atoms with Gasteiger partial charge in [-0.25, -0.2) is 0 Å². The van der Waals surface area contributed by atoms with Gasteiger partial charge in [-0.2, -0.15) is 0 Å². The number of para-hydroxylation sites is 1. The van der Waals surface area contributed by atoms with Crippen LogP contribution in [0.1, 0.15) is 24.0 Å². The van der Waals surface area contributed by atoms with Gasteiger partial charge in [0.15, 0.2) is 0 Å². The molecule has 0 fully saturated rings. The summed E-state index contributed by atoms with van der Waals surface area (Å²) in [7, 11) is 3.36. The minimum atomic E-state index is 0.230. The Hall–Kier alpha value is -2.59. The second kappa shape index (κ2) is 6.96. The van der Waals surface area contributed by atoms with Gasteiger partial charge in [-0.3, -0.25) is 0 Å².